The van der Waals surface area contributed by atoms with Gasteiger partial charge < -0.3 is 4.74 Å². The second-order valence-corrected chi connectivity index (χ2v) is 12.2. The second-order valence-electron chi connectivity index (χ2n) is 12.2. The van der Waals surface area contributed by atoms with Gasteiger partial charge in [0.05, 0.1) is 11.2 Å². The van der Waals surface area contributed by atoms with Crippen LogP contribution in [0, 0.1) is 27.7 Å². The van der Waals surface area contributed by atoms with Crippen LogP contribution in [-0.4, -0.2) is 21.2 Å². The molecule has 0 bridgehead atoms. The number of hydrogen-bond donors (Lipinski definition) is 0. The lowest BCUT2D eigenvalue weighted by Gasteiger charge is -2.50. The molecule has 3 nitrogen and oxygen atoms in total. The van der Waals surface area contributed by atoms with Gasteiger partial charge in [-0.3, -0.25) is 9.97 Å². The molecule has 0 radical (unpaired) electrons. The van der Waals surface area contributed by atoms with Crippen molar-refractivity contribution in [2.24, 2.45) is 0 Å². The SMILES string of the molecule is Cc1cncc(C)c1C(C)CC1(OC2(CC(C)c3c(C)cncc3C)CCCCC2)CCCCC1. The third-order valence-corrected chi connectivity index (χ3v) is 9.08. The van der Waals surface area contributed by atoms with Crippen molar-refractivity contribution in [3.63, 3.8) is 0 Å². The highest BCUT2D eigenvalue weighted by Crippen LogP contribution is 2.49. The molecule has 2 aromatic rings. The van der Waals surface area contributed by atoms with Crippen molar-refractivity contribution in [2.75, 3.05) is 0 Å². The Morgan fingerprint density at radius 1 is 0.600 bits per heavy atom. The lowest BCUT2D eigenvalue weighted by Crippen LogP contribution is -2.48. The Kier molecular flexibility index (Phi) is 8.36. The summed E-state index contributed by atoms with van der Waals surface area (Å²) in [5.74, 6) is 0.970. The minimum Gasteiger partial charge on any atom is -0.369 e. The van der Waals surface area contributed by atoms with Crippen LogP contribution in [-0.2, 0) is 4.74 Å². The molecule has 2 atom stereocenters. The predicted octanol–water partition coefficient (Wildman–Crippen LogP) is 8.82. The van der Waals surface area contributed by atoms with E-state index in [0.29, 0.717) is 11.8 Å². The summed E-state index contributed by atoms with van der Waals surface area (Å²) in [6, 6.07) is 0. The van der Waals surface area contributed by atoms with Crippen LogP contribution in [0.25, 0.3) is 0 Å². The summed E-state index contributed by atoms with van der Waals surface area (Å²) < 4.78 is 7.62. The molecule has 0 aliphatic heterocycles. The first-order valence-electron chi connectivity index (χ1n) is 14.3. The molecule has 3 heteroatoms. The zero-order valence-electron chi connectivity index (χ0n) is 23.3. The summed E-state index contributed by atoms with van der Waals surface area (Å²) in [4.78, 5) is 8.87. The molecule has 0 saturated heterocycles. The molecule has 2 unspecified atom stereocenters. The van der Waals surface area contributed by atoms with Gasteiger partial charge in [0.25, 0.3) is 0 Å². The van der Waals surface area contributed by atoms with Crippen LogP contribution >= 0.6 is 0 Å². The molecular formula is C32H48N2O. The first-order valence-corrected chi connectivity index (χ1v) is 14.3. The average molecular weight is 477 g/mol. The van der Waals surface area contributed by atoms with Crippen molar-refractivity contribution in [1.82, 2.24) is 9.97 Å². The standard InChI is InChI=1S/C32H48N2O/c1-23(29-25(3)19-33-20-26(29)4)17-31(13-9-7-10-14-31)35-32(15-11-8-12-16-32)18-24(2)30-27(5)21-34-22-28(30)6/h19-24H,7-18H2,1-6H3. The van der Waals surface area contributed by atoms with Gasteiger partial charge in [-0.05, 0) is 111 Å². The highest BCUT2D eigenvalue weighted by molar-refractivity contribution is 5.34. The molecule has 2 saturated carbocycles. The van der Waals surface area contributed by atoms with Crippen LogP contribution in [0.15, 0.2) is 24.8 Å². The van der Waals surface area contributed by atoms with Gasteiger partial charge in [0.1, 0.15) is 0 Å². The fourth-order valence-corrected chi connectivity index (χ4v) is 7.84. The van der Waals surface area contributed by atoms with Crippen LogP contribution in [0.2, 0.25) is 0 Å². The average Bonchev–Trinajstić information content (AvgIpc) is 2.79. The van der Waals surface area contributed by atoms with Crippen molar-refractivity contribution in [2.45, 2.75) is 142 Å². The minimum absolute atomic E-state index is 0.000784. The second kappa shape index (κ2) is 11.1. The highest BCUT2D eigenvalue weighted by atomic mass is 16.5. The van der Waals surface area contributed by atoms with Crippen LogP contribution in [0.1, 0.15) is 136 Å². The lowest BCUT2D eigenvalue weighted by atomic mass is 9.72. The van der Waals surface area contributed by atoms with E-state index in [2.05, 4.69) is 51.5 Å². The summed E-state index contributed by atoms with van der Waals surface area (Å²) in [5, 5.41) is 0. The molecule has 2 fully saturated rings. The van der Waals surface area contributed by atoms with Crippen LogP contribution in [0.5, 0.6) is 0 Å². The monoisotopic (exact) mass is 476 g/mol. The molecule has 2 aromatic heterocycles. The lowest BCUT2D eigenvalue weighted by molar-refractivity contribution is -0.194. The molecule has 2 heterocycles. The van der Waals surface area contributed by atoms with E-state index in [1.807, 2.05) is 24.8 Å². The normalized spacial score (nSPS) is 21.4. The fourth-order valence-electron chi connectivity index (χ4n) is 7.84. The fraction of sp³-hybridized carbons (Fsp3) is 0.688. The van der Waals surface area contributed by atoms with Gasteiger partial charge in [-0.1, -0.05) is 52.4 Å². The number of rotatable bonds is 8. The van der Waals surface area contributed by atoms with Crippen molar-refractivity contribution in [1.29, 1.82) is 0 Å². The molecule has 2 aliphatic carbocycles. The Morgan fingerprint density at radius 2 is 0.914 bits per heavy atom. The Balaban J connectivity index is 1.62. The molecule has 2 aliphatic rings. The van der Waals surface area contributed by atoms with E-state index in [9.17, 15) is 0 Å². The van der Waals surface area contributed by atoms with Gasteiger partial charge >= 0.3 is 0 Å². The number of ether oxygens (including phenoxy) is 1. The van der Waals surface area contributed by atoms with Gasteiger partial charge in [-0.15, -0.1) is 0 Å². The van der Waals surface area contributed by atoms with Gasteiger partial charge in [0, 0.05) is 24.8 Å². The van der Waals surface area contributed by atoms with E-state index in [1.165, 1.54) is 97.6 Å². The quantitative estimate of drug-likeness (QED) is 0.382. The van der Waals surface area contributed by atoms with E-state index >= 15 is 0 Å². The van der Waals surface area contributed by atoms with Gasteiger partial charge in [-0.2, -0.15) is 0 Å². The van der Waals surface area contributed by atoms with Crippen molar-refractivity contribution in [3.8, 4) is 0 Å². The van der Waals surface area contributed by atoms with Crippen molar-refractivity contribution < 1.29 is 4.74 Å². The molecule has 0 amide bonds. The third kappa shape index (κ3) is 5.98. The molecule has 192 valence electrons. The van der Waals surface area contributed by atoms with E-state index in [1.54, 1.807) is 0 Å². The molecular weight excluding hydrogens is 428 g/mol. The zero-order chi connectivity index (χ0) is 25.1. The van der Waals surface area contributed by atoms with E-state index in [0.717, 1.165) is 12.8 Å². The first-order chi connectivity index (χ1) is 16.7. The summed E-state index contributed by atoms with van der Waals surface area (Å²) in [5.41, 5.74) is 8.28. The summed E-state index contributed by atoms with van der Waals surface area (Å²) in [7, 11) is 0. The number of aryl methyl sites for hydroxylation is 4. The maximum Gasteiger partial charge on any atom is 0.0695 e. The van der Waals surface area contributed by atoms with Gasteiger partial charge in [-0.25, -0.2) is 0 Å². The number of aromatic nitrogens is 2. The van der Waals surface area contributed by atoms with Crippen LogP contribution in [0.4, 0.5) is 0 Å². The van der Waals surface area contributed by atoms with Crippen molar-refractivity contribution >= 4 is 0 Å². The van der Waals surface area contributed by atoms with E-state index in [-0.39, 0.29) is 11.2 Å². The molecule has 4 rings (SSSR count). The van der Waals surface area contributed by atoms with E-state index < -0.39 is 0 Å². The minimum atomic E-state index is -0.000784. The summed E-state index contributed by atoms with van der Waals surface area (Å²) in [6.07, 6.45) is 23.2. The summed E-state index contributed by atoms with van der Waals surface area (Å²) in [6.45, 7) is 13.8. The molecule has 0 aromatic carbocycles. The Morgan fingerprint density at radius 3 is 1.23 bits per heavy atom. The number of pyridine rings is 2. The predicted molar refractivity (Wildman–Crippen MR) is 146 cm³/mol. The highest BCUT2D eigenvalue weighted by Gasteiger charge is 2.45. The maximum absolute atomic E-state index is 7.62. The Bertz CT molecular complexity index is 865. The van der Waals surface area contributed by atoms with Gasteiger partial charge in [0.15, 0.2) is 0 Å². The van der Waals surface area contributed by atoms with Crippen molar-refractivity contribution in [3.05, 3.63) is 58.2 Å². The summed E-state index contributed by atoms with van der Waals surface area (Å²) >= 11 is 0. The van der Waals surface area contributed by atoms with E-state index in [4.69, 9.17) is 4.74 Å². The van der Waals surface area contributed by atoms with Crippen LogP contribution in [0.3, 0.4) is 0 Å². The Hall–Kier alpha value is -1.74. The Labute approximate surface area is 214 Å². The third-order valence-electron chi connectivity index (χ3n) is 9.08. The largest absolute Gasteiger partial charge is 0.369 e. The van der Waals surface area contributed by atoms with Gasteiger partial charge in [0.2, 0.25) is 0 Å². The molecule has 0 N–H and O–H groups in total. The topological polar surface area (TPSA) is 35.0 Å². The number of nitrogens with zero attached hydrogens (tertiary/aromatic N) is 2. The zero-order valence-corrected chi connectivity index (χ0v) is 23.3. The smallest absolute Gasteiger partial charge is 0.0695 e. The maximum atomic E-state index is 7.62. The number of hydrogen-bond acceptors (Lipinski definition) is 3. The first kappa shape index (κ1) is 26.3. The molecule has 35 heavy (non-hydrogen) atoms. The van der Waals surface area contributed by atoms with Crippen LogP contribution < -0.4 is 0 Å². The molecule has 0 spiro atoms.